The number of anilines is 1. The molecule has 2 heterocycles. The van der Waals surface area contributed by atoms with Crippen molar-refractivity contribution in [2.24, 2.45) is 0 Å². The lowest BCUT2D eigenvalue weighted by atomic mass is 10.1. The van der Waals surface area contributed by atoms with Gasteiger partial charge in [0, 0.05) is 11.1 Å². The summed E-state index contributed by atoms with van der Waals surface area (Å²) in [5.41, 5.74) is 1.13. The first kappa shape index (κ1) is 18.2. The van der Waals surface area contributed by atoms with Crippen molar-refractivity contribution in [3.63, 3.8) is 0 Å². The highest BCUT2D eigenvalue weighted by atomic mass is 35.5. The Kier molecular flexibility index (Phi) is 5.11. The number of furan rings is 1. The summed E-state index contributed by atoms with van der Waals surface area (Å²) in [6, 6.07) is 7.33. The molecule has 3 rings (SSSR count). The van der Waals surface area contributed by atoms with Crippen molar-refractivity contribution in [2.45, 2.75) is 26.8 Å². The molecule has 1 amide bonds. The van der Waals surface area contributed by atoms with Gasteiger partial charge in [0.25, 0.3) is 5.56 Å². The Morgan fingerprint density at radius 1 is 1.31 bits per heavy atom. The molecule has 3 N–H and O–H groups in total. The van der Waals surface area contributed by atoms with Crippen LogP contribution in [0.4, 0.5) is 5.88 Å². The third kappa shape index (κ3) is 3.49. The van der Waals surface area contributed by atoms with Crippen LogP contribution in [0.3, 0.4) is 0 Å². The highest BCUT2D eigenvalue weighted by Gasteiger charge is 2.19. The molecule has 1 aromatic carbocycles. The van der Waals surface area contributed by atoms with Crippen molar-refractivity contribution in [3.05, 3.63) is 56.7 Å². The van der Waals surface area contributed by atoms with E-state index in [1.165, 1.54) is 0 Å². The number of aromatic amines is 1. The van der Waals surface area contributed by atoms with Crippen LogP contribution >= 0.6 is 11.6 Å². The lowest BCUT2D eigenvalue weighted by molar-refractivity contribution is -0.115. The molecule has 0 aliphatic carbocycles. The standard InChI is InChI=1S/C18H19ClN4O3/c1-9(12-6-4-5-7-13(12)19)20-8-14(24)21-18-16-15(11(3)26-18)10(2)22-23-17(16)25/h4-7,9,20H,8H2,1-3H3,(H,21,24)(H,23,25). The molecule has 26 heavy (non-hydrogen) atoms. The van der Waals surface area contributed by atoms with E-state index >= 15 is 0 Å². The van der Waals surface area contributed by atoms with Crippen LogP contribution in [0, 0.1) is 13.8 Å². The summed E-state index contributed by atoms with van der Waals surface area (Å²) in [4.78, 5) is 24.4. The van der Waals surface area contributed by atoms with Crippen molar-refractivity contribution in [3.8, 4) is 0 Å². The fourth-order valence-corrected chi connectivity index (χ4v) is 3.18. The van der Waals surface area contributed by atoms with Gasteiger partial charge in [0.15, 0.2) is 0 Å². The summed E-state index contributed by atoms with van der Waals surface area (Å²) in [5.74, 6) is 0.332. The minimum atomic E-state index is -0.407. The molecule has 1 unspecified atom stereocenters. The van der Waals surface area contributed by atoms with E-state index in [2.05, 4.69) is 20.8 Å². The number of halogens is 1. The number of nitrogens with zero attached hydrogens (tertiary/aromatic N) is 1. The van der Waals surface area contributed by atoms with Crippen molar-refractivity contribution < 1.29 is 9.21 Å². The van der Waals surface area contributed by atoms with Gasteiger partial charge < -0.3 is 9.73 Å². The number of fused-ring (bicyclic) bond motifs is 1. The molecular weight excluding hydrogens is 356 g/mol. The molecule has 3 aromatic rings. The van der Waals surface area contributed by atoms with Crippen molar-refractivity contribution in [1.29, 1.82) is 0 Å². The average Bonchev–Trinajstić information content (AvgIpc) is 2.94. The van der Waals surface area contributed by atoms with Crippen LogP contribution in [-0.2, 0) is 4.79 Å². The molecule has 0 spiro atoms. The maximum atomic E-state index is 12.3. The number of hydrogen-bond acceptors (Lipinski definition) is 5. The van der Waals surface area contributed by atoms with Gasteiger partial charge in [-0.25, -0.2) is 5.10 Å². The molecule has 0 saturated heterocycles. The zero-order chi connectivity index (χ0) is 18.8. The molecule has 0 aliphatic heterocycles. The fourth-order valence-electron chi connectivity index (χ4n) is 2.88. The number of nitrogens with one attached hydrogen (secondary N) is 3. The first-order valence-electron chi connectivity index (χ1n) is 8.14. The molecule has 7 nitrogen and oxygen atoms in total. The van der Waals surface area contributed by atoms with E-state index in [0.717, 1.165) is 5.56 Å². The van der Waals surface area contributed by atoms with Crippen LogP contribution in [0.1, 0.15) is 30.0 Å². The molecule has 0 bridgehead atoms. The number of aromatic nitrogens is 2. The average molecular weight is 375 g/mol. The number of benzene rings is 1. The Bertz CT molecular complexity index is 1020. The van der Waals surface area contributed by atoms with Gasteiger partial charge >= 0.3 is 0 Å². The molecule has 2 aromatic heterocycles. The second-order valence-corrected chi connectivity index (χ2v) is 6.45. The molecule has 0 radical (unpaired) electrons. The lowest BCUT2D eigenvalue weighted by Gasteiger charge is -2.15. The Labute approximate surface area is 154 Å². The maximum Gasteiger partial charge on any atom is 0.277 e. The van der Waals surface area contributed by atoms with Crippen LogP contribution in [-0.4, -0.2) is 22.6 Å². The first-order valence-corrected chi connectivity index (χ1v) is 8.52. The second-order valence-electron chi connectivity index (χ2n) is 6.05. The van der Waals surface area contributed by atoms with Crippen molar-refractivity contribution >= 4 is 34.2 Å². The van der Waals surface area contributed by atoms with E-state index in [1.54, 1.807) is 19.9 Å². The molecule has 8 heteroatoms. The predicted octanol–water partition coefficient (Wildman–Crippen LogP) is 3.08. The summed E-state index contributed by atoms with van der Waals surface area (Å²) in [5, 5.41) is 13.6. The van der Waals surface area contributed by atoms with E-state index in [4.69, 9.17) is 16.0 Å². The predicted molar refractivity (Wildman–Crippen MR) is 101 cm³/mol. The van der Waals surface area contributed by atoms with Gasteiger partial charge in [-0.2, -0.15) is 5.10 Å². The lowest BCUT2D eigenvalue weighted by Crippen LogP contribution is -2.30. The van der Waals surface area contributed by atoms with E-state index in [1.807, 2.05) is 25.1 Å². The summed E-state index contributed by atoms with van der Waals surface area (Å²) >= 11 is 6.16. The van der Waals surface area contributed by atoms with E-state index in [9.17, 15) is 9.59 Å². The molecule has 1 atom stereocenters. The Morgan fingerprint density at radius 2 is 2.04 bits per heavy atom. The van der Waals surface area contributed by atoms with Crippen molar-refractivity contribution in [1.82, 2.24) is 15.5 Å². The minimum absolute atomic E-state index is 0.0373. The first-order chi connectivity index (χ1) is 12.4. The van der Waals surface area contributed by atoms with Gasteiger partial charge in [-0.3, -0.25) is 14.9 Å². The zero-order valence-electron chi connectivity index (χ0n) is 14.6. The van der Waals surface area contributed by atoms with Crippen molar-refractivity contribution in [2.75, 3.05) is 11.9 Å². The number of hydrogen-bond donors (Lipinski definition) is 3. The minimum Gasteiger partial charge on any atom is -0.444 e. The topological polar surface area (TPSA) is 100 Å². The molecule has 0 aliphatic rings. The van der Waals surface area contributed by atoms with Crippen LogP contribution < -0.4 is 16.2 Å². The fraction of sp³-hybridized carbons (Fsp3) is 0.278. The number of carbonyl (C=O) groups excluding carboxylic acids is 1. The summed E-state index contributed by atoms with van der Waals surface area (Å²) in [7, 11) is 0. The van der Waals surface area contributed by atoms with Gasteiger partial charge in [-0.15, -0.1) is 0 Å². The number of aryl methyl sites for hydroxylation is 2. The number of amides is 1. The summed E-state index contributed by atoms with van der Waals surface area (Å²) < 4.78 is 5.57. The van der Waals surface area contributed by atoms with Gasteiger partial charge in [0.2, 0.25) is 11.8 Å². The van der Waals surface area contributed by atoms with Gasteiger partial charge in [0.1, 0.15) is 11.1 Å². The number of rotatable bonds is 5. The van der Waals surface area contributed by atoms with E-state index < -0.39 is 5.56 Å². The van der Waals surface area contributed by atoms with E-state index in [0.29, 0.717) is 27.2 Å². The normalized spacial score (nSPS) is 12.3. The molecule has 0 saturated carbocycles. The number of carbonyl (C=O) groups is 1. The van der Waals surface area contributed by atoms with Crippen LogP contribution in [0.2, 0.25) is 5.02 Å². The van der Waals surface area contributed by atoms with Crippen LogP contribution in [0.15, 0.2) is 33.5 Å². The van der Waals surface area contributed by atoms with Gasteiger partial charge in [-0.1, -0.05) is 29.8 Å². The van der Waals surface area contributed by atoms with Crippen LogP contribution in [0.5, 0.6) is 0 Å². The zero-order valence-corrected chi connectivity index (χ0v) is 15.4. The SMILES string of the molecule is Cc1n[nH]c(=O)c2c(NC(=O)CNC(C)c3ccccc3Cl)oc(C)c12. The van der Waals surface area contributed by atoms with E-state index in [-0.39, 0.29) is 24.4 Å². The van der Waals surface area contributed by atoms with Gasteiger partial charge in [0.05, 0.1) is 17.6 Å². The quantitative estimate of drug-likeness (QED) is 0.637. The third-order valence-electron chi connectivity index (χ3n) is 4.19. The highest BCUT2D eigenvalue weighted by molar-refractivity contribution is 6.31. The maximum absolute atomic E-state index is 12.3. The Balaban J connectivity index is 1.73. The summed E-state index contributed by atoms with van der Waals surface area (Å²) in [6.07, 6.45) is 0. The molecule has 136 valence electrons. The van der Waals surface area contributed by atoms with Gasteiger partial charge in [-0.05, 0) is 32.4 Å². The Hall–Kier alpha value is -2.64. The smallest absolute Gasteiger partial charge is 0.277 e. The Morgan fingerprint density at radius 3 is 2.77 bits per heavy atom. The monoisotopic (exact) mass is 374 g/mol. The second kappa shape index (κ2) is 7.31. The largest absolute Gasteiger partial charge is 0.444 e. The third-order valence-corrected chi connectivity index (χ3v) is 4.54. The molecular formula is C18H19ClN4O3. The highest BCUT2D eigenvalue weighted by Crippen LogP contribution is 2.28. The van der Waals surface area contributed by atoms with Crippen LogP contribution in [0.25, 0.3) is 10.8 Å². The summed E-state index contributed by atoms with van der Waals surface area (Å²) in [6.45, 7) is 5.44. The number of H-pyrrole nitrogens is 1. The molecule has 0 fully saturated rings.